The molecule has 0 amide bonds. The van der Waals surface area contributed by atoms with E-state index in [2.05, 4.69) is 22.1 Å². The van der Waals surface area contributed by atoms with Crippen molar-refractivity contribution in [2.24, 2.45) is 15.8 Å². The van der Waals surface area contributed by atoms with Crippen LogP contribution in [0.15, 0.2) is 40.6 Å². The number of hydrogen-bond donors (Lipinski definition) is 2. The summed E-state index contributed by atoms with van der Waals surface area (Å²) in [4.78, 5) is 25.5. The molecule has 0 fully saturated rings. The molecular formula is C12H8N4O4S-2. The third-order valence-corrected chi connectivity index (χ3v) is 3.20. The van der Waals surface area contributed by atoms with Crippen molar-refractivity contribution >= 4 is 39.6 Å². The lowest BCUT2D eigenvalue weighted by Gasteiger charge is -2.11. The van der Waals surface area contributed by atoms with Gasteiger partial charge < -0.3 is 25.5 Å². The number of benzene rings is 1. The molecule has 108 valence electrons. The summed E-state index contributed by atoms with van der Waals surface area (Å²) < 4.78 is 0. The number of hydrazone groups is 1. The zero-order valence-electron chi connectivity index (χ0n) is 10.5. The summed E-state index contributed by atoms with van der Waals surface area (Å²) >= 11 is 1.07. The van der Waals surface area contributed by atoms with Crippen LogP contribution in [0.4, 0.5) is 5.69 Å². The maximum atomic E-state index is 10.8. The normalized spacial score (nSPS) is 15.9. The van der Waals surface area contributed by atoms with Crippen molar-refractivity contribution in [2.45, 2.75) is 0 Å². The Morgan fingerprint density at radius 2 is 1.81 bits per heavy atom. The lowest BCUT2D eigenvalue weighted by Crippen LogP contribution is -2.25. The highest BCUT2D eigenvalue weighted by Crippen LogP contribution is 2.22. The van der Waals surface area contributed by atoms with Crippen LogP contribution in [0.3, 0.4) is 0 Å². The summed E-state index contributed by atoms with van der Waals surface area (Å²) in [6, 6.07) is 3.30. The predicted molar refractivity (Wildman–Crippen MR) is 74.5 cm³/mol. The SMILES string of the molecule is C=C1N=C(N)S/C1=N/Nc1cc(C(=O)[O-])cc(C(=O)[O-])c1. The van der Waals surface area contributed by atoms with Crippen molar-refractivity contribution < 1.29 is 19.8 Å². The molecule has 0 aliphatic carbocycles. The van der Waals surface area contributed by atoms with E-state index in [4.69, 9.17) is 5.73 Å². The summed E-state index contributed by atoms with van der Waals surface area (Å²) in [5.41, 5.74) is 7.87. The van der Waals surface area contributed by atoms with E-state index >= 15 is 0 Å². The van der Waals surface area contributed by atoms with E-state index < -0.39 is 11.9 Å². The maximum Gasteiger partial charge on any atom is 0.165 e. The lowest BCUT2D eigenvalue weighted by molar-refractivity contribution is -0.255. The van der Waals surface area contributed by atoms with E-state index in [0.717, 1.165) is 17.8 Å². The number of anilines is 1. The molecule has 1 heterocycles. The molecule has 3 N–H and O–H groups in total. The van der Waals surface area contributed by atoms with E-state index in [1.54, 1.807) is 0 Å². The van der Waals surface area contributed by atoms with Crippen molar-refractivity contribution in [3.05, 3.63) is 41.6 Å². The molecule has 0 radical (unpaired) electrons. The van der Waals surface area contributed by atoms with E-state index in [0.29, 0.717) is 10.7 Å². The smallest absolute Gasteiger partial charge is 0.165 e. The lowest BCUT2D eigenvalue weighted by atomic mass is 10.1. The molecule has 0 saturated heterocycles. The number of rotatable bonds is 4. The van der Waals surface area contributed by atoms with Gasteiger partial charge in [0.25, 0.3) is 0 Å². The molecule has 1 aliphatic heterocycles. The Morgan fingerprint density at radius 1 is 1.24 bits per heavy atom. The van der Waals surface area contributed by atoms with Crippen LogP contribution in [0.1, 0.15) is 20.7 Å². The maximum absolute atomic E-state index is 10.8. The quantitative estimate of drug-likeness (QED) is 0.659. The largest absolute Gasteiger partial charge is 0.545 e. The molecule has 1 aromatic rings. The number of carboxylic acids is 2. The van der Waals surface area contributed by atoms with Crippen LogP contribution in [-0.2, 0) is 0 Å². The Bertz CT molecular complexity index is 679. The van der Waals surface area contributed by atoms with Gasteiger partial charge in [0.2, 0.25) is 0 Å². The van der Waals surface area contributed by atoms with Gasteiger partial charge in [0, 0.05) is 0 Å². The minimum Gasteiger partial charge on any atom is -0.545 e. The van der Waals surface area contributed by atoms with Crippen LogP contribution >= 0.6 is 11.8 Å². The molecule has 1 aromatic carbocycles. The number of carbonyl (C=O) groups excluding carboxylic acids is 2. The van der Waals surface area contributed by atoms with Gasteiger partial charge in [0.15, 0.2) is 5.17 Å². The fourth-order valence-corrected chi connectivity index (χ4v) is 2.10. The van der Waals surface area contributed by atoms with Crippen molar-refractivity contribution in [3.8, 4) is 0 Å². The van der Waals surface area contributed by atoms with Crippen molar-refractivity contribution in [1.29, 1.82) is 0 Å². The molecule has 0 saturated carbocycles. The van der Waals surface area contributed by atoms with Gasteiger partial charge in [0.05, 0.1) is 23.3 Å². The first kappa shape index (κ1) is 14.6. The third-order valence-electron chi connectivity index (χ3n) is 2.38. The average molecular weight is 304 g/mol. The van der Waals surface area contributed by atoms with Gasteiger partial charge in [-0.1, -0.05) is 6.58 Å². The summed E-state index contributed by atoms with van der Waals surface area (Å²) in [5, 5.41) is 26.3. The Labute approximate surface area is 123 Å². The van der Waals surface area contributed by atoms with Crippen LogP contribution < -0.4 is 21.4 Å². The number of aliphatic imine (C=N–C) groups is 1. The van der Waals surface area contributed by atoms with E-state index in [-0.39, 0.29) is 22.0 Å². The van der Waals surface area contributed by atoms with Gasteiger partial charge in [-0.05, 0) is 41.1 Å². The van der Waals surface area contributed by atoms with Crippen LogP contribution in [-0.4, -0.2) is 22.1 Å². The molecule has 0 unspecified atom stereocenters. The molecular weight excluding hydrogens is 296 g/mol. The third kappa shape index (κ3) is 3.39. The fraction of sp³-hybridized carbons (Fsp3) is 0. The number of amidine groups is 1. The zero-order valence-corrected chi connectivity index (χ0v) is 11.3. The van der Waals surface area contributed by atoms with Crippen LogP contribution in [0, 0.1) is 0 Å². The highest BCUT2D eigenvalue weighted by atomic mass is 32.2. The second kappa shape index (κ2) is 5.67. The molecule has 0 spiro atoms. The molecule has 9 heteroatoms. The first-order valence-corrected chi connectivity index (χ1v) is 6.31. The summed E-state index contributed by atoms with van der Waals surface area (Å²) in [5.74, 6) is -3.03. The minimum absolute atomic E-state index is 0.141. The first-order valence-electron chi connectivity index (χ1n) is 5.49. The van der Waals surface area contributed by atoms with Gasteiger partial charge >= 0.3 is 0 Å². The molecule has 0 bridgehead atoms. The standard InChI is InChI=1S/C12H10N4O4S/c1-5-9(21-12(13)14-5)16-15-8-3-6(10(17)18)2-7(4-8)11(19)20/h2-4,15H,1H2,(H2,13,14)(H,17,18)(H,19,20)/p-2/b16-9+. The summed E-state index contributed by atoms with van der Waals surface area (Å²) in [7, 11) is 0. The second-order valence-electron chi connectivity index (χ2n) is 3.90. The predicted octanol–water partition coefficient (Wildman–Crippen LogP) is -1.29. The Balaban J connectivity index is 2.28. The molecule has 21 heavy (non-hydrogen) atoms. The van der Waals surface area contributed by atoms with Gasteiger partial charge in [-0.3, -0.25) is 5.43 Å². The van der Waals surface area contributed by atoms with Crippen LogP contribution in [0.25, 0.3) is 0 Å². The van der Waals surface area contributed by atoms with E-state index in [1.807, 2.05) is 0 Å². The highest BCUT2D eigenvalue weighted by molar-refractivity contribution is 8.27. The number of nitrogens with two attached hydrogens (primary N) is 1. The minimum atomic E-state index is -1.51. The van der Waals surface area contributed by atoms with Crippen molar-refractivity contribution in [2.75, 3.05) is 5.43 Å². The van der Waals surface area contributed by atoms with Crippen molar-refractivity contribution in [3.63, 3.8) is 0 Å². The molecule has 2 rings (SSSR count). The van der Waals surface area contributed by atoms with Crippen LogP contribution in [0.2, 0.25) is 0 Å². The highest BCUT2D eigenvalue weighted by Gasteiger charge is 2.16. The number of hydrogen-bond acceptors (Lipinski definition) is 9. The number of nitrogens with one attached hydrogen (secondary N) is 1. The van der Waals surface area contributed by atoms with Crippen LogP contribution in [0.5, 0.6) is 0 Å². The number of thioether (sulfide) groups is 1. The fourth-order valence-electron chi connectivity index (χ4n) is 1.49. The zero-order chi connectivity index (χ0) is 15.6. The average Bonchev–Trinajstić information content (AvgIpc) is 2.74. The molecule has 1 aliphatic rings. The molecule has 8 nitrogen and oxygen atoms in total. The molecule has 0 aromatic heterocycles. The number of nitrogens with zero attached hydrogens (tertiary/aromatic N) is 2. The topological polar surface area (TPSA) is 143 Å². The van der Waals surface area contributed by atoms with E-state index in [1.165, 1.54) is 12.1 Å². The Hall–Kier alpha value is -2.81. The van der Waals surface area contributed by atoms with Crippen molar-refractivity contribution in [1.82, 2.24) is 0 Å². The second-order valence-corrected chi connectivity index (χ2v) is 4.91. The molecule has 0 atom stereocenters. The van der Waals surface area contributed by atoms with Gasteiger partial charge in [-0.25, -0.2) is 4.99 Å². The number of carboxylic acid groups (broad SMARTS) is 2. The monoisotopic (exact) mass is 304 g/mol. The number of aromatic carboxylic acids is 2. The summed E-state index contributed by atoms with van der Waals surface area (Å²) in [6.07, 6.45) is 0. The first-order chi connectivity index (χ1) is 9.86. The Kier molecular flexibility index (Phi) is 3.94. The number of carbonyl (C=O) groups is 2. The van der Waals surface area contributed by atoms with Gasteiger partial charge in [-0.15, -0.1) is 0 Å². The summed E-state index contributed by atoms with van der Waals surface area (Å²) in [6.45, 7) is 3.62. The van der Waals surface area contributed by atoms with Gasteiger partial charge in [0.1, 0.15) is 5.04 Å². The van der Waals surface area contributed by atoms with E-state index in [9.17, 15) is 19.8 Å². The van der Waals surface area contributed by atoms with Gasteiger partial charge in [-0.2, -0.15) is 5.10 Å². The Morgan fingerprint density at radius 3 is 2.24 bits per heavy atom.